The normalized spacial score (nSPS) is 18.7. The first kappa shape index (κ1) is 43.7. The third kappa shape index (κ3) is 9.87. The highest BCUT2D eigenvalue weighted by Gasteiger charge is 2.41. The summed E-state index contributed by atoms with van der Waals surface area (Å²) >= 11 is 0. The second-order valence-corrected chi connectivity index (χ2v) is 17.5. The molecule has 2 aromatic carbocycles. The first-order chi connectivity index (χ1) is 29.3. The molecule has 17 heteroatoms. The number of aromatic amines is 1. The predicted molar refractivity (Wildman–Crippen MR) is 226 cm³/mol. The van der Waals surface area contributed by atoms with Crippen LogP contribution < -0.4 is 20.3 Å². The van der Waals surface area contributed by atoms with E-state index in [2.05, 4.69) is 35.2 Å². The van der Waals surface area contributed by atoms with Crippen molar-refractivity contribution in [2.45, 2.75) is 78.9 Å². The summed E-state index contributed by atoms with van der Waals surface area (Å²) in [4.78, 5) is 69.4. The number of imidazole rings is 1. The smallest absolute Gasteiger partial charge is 0.465 e. The Balaban J connectivity index is 1.05. The van der Waals surface area contributed by atoms with Gasteiger partial charge in [0.15, 0.2) is 0 Å². The minimum Gasteiger partial charge on any atom is -0.465 e. The maximum Gasteiger partial charge on any atom is 0.573 e. The van der Waals surface area contributed by atoms with E-state index >= 15 is 0 Å². The van der Waals surface area contributed by atoms with E-state index in [0.29, 0.717) is 66.2 Å². The Hall–Kier alpha value is -6.39. The van der Waals surface area contributed by atoms with Crippen LogP contribution in [0.25, 0.3) is 22.4 Å². The average molecular weight is 857 g/mol. The van der Waals surface area contributed by atoms with Crippen LogP contribution in [0.1, 0.15) is 76.6 Å². The summed E-state index contributed by atoms with van der Waals surface area (Å²) in [6.07, 6.45) is 0.831. The maximum atomic E-state index is 13.7. The van der Waals surface area contributed by atoms with Crippen molar-refractivity contribution in [3.05, 3.63) is 90.0 Å². The summed E-state index contributed by atoms with van der Waals surface area (Å²) in [7, 11) is 0. The van der Waals surface area contributed by atoms with Crippen LogP contribution in [0, 0.1) is 17.3 Å². The summed E-state index contributed by atoms with van der Waals surface area (Å²) in [6.45, 7) is 13.3. The lowest BCUT2D eigenvalue weighted by molar-refractivity contribution is -0.274. The largest absolute Gasteiger partial charge is 0.573 e. The van der Waals surface area contributed by atoms with E-state index in [4.69, 9.17) is 0 Å². The van der Waals surface area contributed by atoms with Gasteiger partial charge in [-0.1, -0.05) is 65.0 Å². The second kappa shape index (κ2) is 17.2. The highest BCUT2D eigenvalue weighted by molar-refractivity contribution is 6.05. The molecule has 328 valence electrons. The molecule has 2 fully saturated rings. The van der Waals surface area contributed by atoms with Crippen LogP contribution in [-0.4, -0.2) is 98.3 Å². The van der Waals surface area contributed by atoms with Crippen molar-refractivity contribution in [1.82, 2.24) is 30.1 Å². The van der Waals surface area contributed by atoms with Crippen LogP contribution in [0.3, 0.4) is 0 Å². The van der Waals surface area contributed by atoms with Gasteiger partial charge in [0.25, 0.3) is 5.91 Å². The number of nitrogens with one attached hydrogen (secondary N) is 3. The Bertz CT molecular complexity index is 2350. The van der Waals surface area contributed by atoms with E-state index in [1.54, 1.807) is 61.3 Å². The number of carbonyl (C=O) groups is 4. The summed E-state index contributed by atoms with van der Waals surface area (Å²) < 4.78 is 45.6. The number of halogens is 3. The van der Waals surface area contributed by atoms with Crippen LogP contribution in [-0.2, 0) is 9.59 Å². The molecule has 1 aliphatic carbocycles. The quantitative estimate of drug-likeness (QED) is 0.110. The molecule has 62 heavy (non-hydrogen) atoms. The first-order valence-electron chi connectivity index (χ1n) is 20.6. The molecule has 4 heterocycles. The number of carboxylic acid groups (broad SMARTS) is 1. The van der Waals surface area contributed by atoms with Crippen molar-refractivity contribution in [3.63, 3.8) is 0 Å². The Kier molecular flexibility index (Phi) is 12.1. The van der Waals surface area contributed by atoms with Crippen molar-refractivity contribution >= 4 is 35.3 Å². The molecule has 4 aromatic rings. The van der Waals surface area contributed by atoms with Gasteiger partial charge in [0.1, 0.15) is 29.5 Å². The molecule has 0 radical (unpaired) electrons. The molecule has 1 saturated carbocycles. The lowest BCUT2D eigenvalue weighted by Crippen LogP contribution is -2.56. The molecular weight excluding hydrogens is 806 g/mol. The van der Waals surface area contributed by atoms with E-state index in [9.17, 15) is 37.5 Å². The predicted octanol–water partition coefficient (Wildman–Crippen LogP) is 7.88. The number of ether oxygens (including phenoxy) is 1. The number of benzene rings is 2. The topological polar surface area (TPSA) is 173 Å². The standard InChI is InChI=1S/C45H51F3N8O6/c1-25(2)38(53-43(60)61)41(58)56-24-31(27-7-8-27)19-35(56)39-50-22-34(52-39)29-11-9-28(10-12-29)33-15-13-30(20-36(33)62-45(46,47)48)40(57)51-32-14-16-37(49-21-32)55-18-17-54(23-26(55)3)42(59)44(4,5)6/h9-16,19-22,25-27,35,38,53H,7-8,17-18,23-24H2,1-6H3,(H,50,52)(H,51,57)(H,60,61)/t26-,35+,38+/m1/s1. The number of aromatic nitrogens is 3. The summed E-state index contributed by atoms with van der Waals surface area (Å²) in [5, 5.41) is 14.5. The van der Waals surface area contributed by atoms with Gasteiger partial charge in [0.05, 0.1) is 23.8 Å². The average Bonchev–Trinajstić information content (AvgIpc) is 3.77. The van der Waals surface area contributed by atoms with Crippen LogP contribution in [0.15, 0.2) is 78.6 Å². The number of piperazine rings is 1. The Labute approximate surface area is 357 Å². The molecule has 0 spiro atoms. The zero-order valence-corrected chi connectivity index (χ0v) is 35.4. The van der Waals surface area contributed by atoms with Gasteiger partial charge >= 0.3 is 12.5 Å². The van der Waals surface area contributed by atoms with Gasteiger partial charge in [0, 0.05) is 48.8 Å². The highest BCUT2D eigenvalue weighted by Crippen LogP contribution is 2.43. The Morgan fingerprint density at radius 3 is 2.24 bits per heavy atom. The van der Waals surface area contributed by atoms with Crippen molar-refractivity contribution in [1.29, 1.82) is 0 Å². The van der Waals surface area contributed by atoms with Crippen LogP contribution in [0.2, 0.25) is 0 Å². The van der Waals surface area contributed by atoms with E-state index in [0.717, 1.165) is 24.5 Å². The molecule has 1 saturated heterocycles. The number of hydrogen-bond donors (Lipinski definition) is 4. The molecule has 3 aliphatic rings. The van der Waals surface area contributed by atoms with Gasteiger partial charge in [-0.2, -0.15) is 0 Å². The summed E-state index contributed by atoms with van der Waals surface area (Å²) in [6, 6.07) is 12.5. The van der Waals surface area contributed by atoms with Gasteiger partial charge in [-0.25, -0.2) is 14.8 Å². The minimum absolute atomic E-state index is 0.00217. The number of rotatable bonds is 11. The SMILES string of the molecule is CC(C)[C@H](NC(=O)O)C(=O)N1CC(C2CC2)=C[C@H]1c1ncc(-c2ccc(-c3ccc(C(=O)Nc4ccc(N5CCN(C(=O)C(C)(C)C)C[C@H]5C)nc4)cc3OC(F)(F)F)cc2)[nH]1. The van der Waals surface area contributed by atoms with E-state index in [1.807, 2.05) is 38.7 Å². The zero-order chi connectivity index (χ0) is 44.7. The number of alkyl halides is 3. The summed E-state index contributed by atoms with van der Waals surface area (Å²) in [5.74, 6) is -0.234. The van der Waals surface area contributed by atoms with Gasteiger partial charge in [-0.15, -0.1) is 13.2 Å². The molecule has 0 unspecified atom stereocenters. The maximum absolute atomic E-state index is 13.7. The number of amides is 4. The van der Waals surface area contributed by atoms with Crippen LogP contribution in [0.4, 0.5) is 29.5 Å². The van der Waals surface area contributed by atoms with Crippen molar-refractivity contribution in [2.24, 2.45) is 17.3 Å². The van der Waals surface area contributed by atoms with E-state index < -0.39 is 41.6 Å². The molecule has 7 rings (SSSR count). The third-order valence-electron chi connectivity index (χ3n) is 11.4. The number of H-pyrrole nitrogens is 1. The molecular formula is C45H51F3N8O6. The first-order valence-corrected chi connectivity index (χ1v) is 20.6. The van der Waals surface area contributed by atoms with Gasteiger partial charge in [0.2, 0.25) is 11.8 Å². The molecule has 2 aliphatic heterocycles. The van der Waals surface area contributed by atoms with Gasteiger partial charge in [-0.3, -0.25) is 14.4 Å². The number of pyridine rings is 1. The Morgan fingerprint density at radius 1 is 0.935 bits per heavy atom. The fourth-order valence-corrected chi connectivity index (χ4v) is 7.99. The number of hydrogen-bond acceptors (Lipinski definition) is 8. The number of nitrogens with zero attached hydrogens (tertiary/aromatic N) is 5. The van der Waals surface area contributed by atoms with Crippen molar-refractivity contribution in [2.75, 3.05) is 36.4 Å². The molecule has 3 atom stereocenters. The molecule has 4 amide bonds. The number of carbonyl (C=O) groups excluding carboxylic acids is 3. The molecule has 14 nitrogen and oxygen atoms in total. The third-order valence-corrected chi connectivity index (χ3v) is 11.4. The van der Waals surface area contributed by atoms with E-state index in [-0.39, 0.29) is 34.9 Å². The molecule has 4 N–H and O–H groups in total. The lowest BCUT2D eigenvalue weighted by atomic mass is 9.94. The van der Waals surface area contributed by atoms with Gasteiger partial charge < -0.3 is 40.2 Å². The Morgan fingerprint density at radius 2 is 1.65 bits per heavy atom. The minimum atomic E-state index is -5.04. The lowest BCUT2D eigenvalue weighted by Gasteiger charge is -2.42. The van der Waals surface area contributed by atoms with E-state index in [1.165, 1.54) is 18.3 Å². The fourth-order valence-electron chi connectivity index (χ4n) is 7.99. The van der Waals surface area contributed by atoms with Crippen LogP contribution >= 0.6 is 0 Å². The zero-order valence-electron chi connectivity index (χ0n) is 35.4. The molecule has 2 aromatic heterocycles. The van der Waals surface area contributed by atoms with Gasteiger partial charge in [-0.05, 0) is 78.6 Å². The molecule has 0 bridgehead atoms. The number of anilines is 2. The monoisotopic (exact) mass is 856 g/mol. The van der Waals surface area contributed by atoms with Crippen molar-refractivity contribution in [3.8, 4) is 28.1 Å². The van der Waals surface area contributed by atoms with Crippen molar-refractivity contribution < 1.29 is 42.2 Å². The second-order valence-electron chi connectivity index (χ2n) is 17.5. The van der Waals surface area contributed by atoms with Crippen LogP contribution in [0.5, 0.6) is 5.75 Å². The fraction of sp³-hybridized carbons (Fsp3) is 0.422. The summed E-state index contributed by atoms with van der Waals surface area (Å²) in [5.41, 5.74) is 2.68. The highest BCUT2D eigenvalue weighted by atomic mass is 19.4.